The zero-order valence-electron chi connectivity index (χ0n) is 15.7. The monoisotopic (exact) mass is 336 g/mol. The Morgan fingerprint density at radius 3 is 2.42 bits per heavy atom. The van der Waals surface area contributed by atoms with Crippen LogP contribution in [0.25, 0.3) is 0 Å². The summed E-state index contributed by atoms with van der Waals surface area (Å²) in [7, 11) is 0. The van der Waals surface area contributed by atoms with Crippen molar-refractivity contribution in [2.24, 2.45) is 16.8 Å². The Balaban J connectivity index is 1.85. The number of nitrogens with one attached hydrogen (secondary N) is 3. The first-order valence-electron chi connectivity index (χ1n) is 10.0. The summed E-state index contributed by atoms with van der Waals surface area (Å²) >= 11 is 0. The number of nitrogens with zero attached hydrogens (tertiary/aromatic N) is 1. The first-order chi connectivity index (χ1) is 11.7. The van der Waals surface area contributed by atoms with E-state index in [0.717, 1.165) is 57.6 Å². The third-order valence-corrected chi connectivity index (χ3v) is 5.32. The van der Waals surface area contributed by atoms with E-state index in [2.05, 4.69) is 36.7 Å². The molecule has 2 unspecified atom stereocenters. The maximum atomic E-state index is 12.3. The molecule has 0 spiro atoms. The van der Waals surface area contributed by atoms with E-state index in [1.54, 1.807) is 0 Å². The summed E-state index contributed by atoms with van der Waals surface area (Å²) in [6.45, 7) is 8.30. The van der Waals surface area contributed by atoms with E-state index in [9.17, 15) is 4.79 Å². The van der Waals surface area contributed by atoms with Crippen LogP contribution in [0, 0.1) is 11.8 Å². The van der Waals surface area contributed by atoms with Crippen molar-refractivity contribution in [3.05, 3.63) is 0 Å². The second-order valence-corrected chi connectivity index (χ2v) is 7.39. The number of guanidine groups is 1. The van der Waals surface area contributed by atoms with Gasteiger partial charge < -0.3 is 16.0 Å². The highest BCUT2D eigenvalue weighted by molar-refractivity contribution is 5.81. The summed E-state index contributed by atoms with van der Waals surface area (Å²) in [5, 5.41) is 10.1. The zero-order valence-corrected chi connectivity index (χ0v) is 15.7. The maximum absolute atomic E-state index is 12.3. The second kappa shape index (κ2) is 9.90. The van der Waals surface area contributed by atoms with Gasteiger partial charge in [-0.25, -0.2) is 0 Å². The summed E-state index contributed by atoms with van der Waals surface area (Å²) in [6.07, 6.45) is 8.86. The van der Waals surface area contributed by atoms with Gasteiger partial charge in [0.1, 0.15) is 0 Å². The van der Waals surface area contributed by atoms with E-state index >= 15 is 0 Å². The Labute approximate surface area is 147 Å². The molecule has 0 bridgehead atoms. The zero-order chi connectivity index (χ0) is 17.4. The molecule has 2 fully saturated rings. The quantitative estimate of drug-likeness (QED) is 0.472. The molecule has 5 nitrogen and oxygen atoms in total. The van der Waals surface area contributed by atoms with Crippen LogP contribution in [0.3, 0.4) is 0 Å². The predicted octanol–water partition coefficient (Wildman–Crippen LogP) is 2.82. The highest BCUT2D eigenvalue weighted by atomic mass is 16.2. The number of rotatable bonds is 8. The molecule has 3 N–H and O–H groups in total. The Morgan fingerprint density at radius 1 is 1.04 bits per heavy atom. The van der Waals surface area contributed by atoms with Gasteiger partial charge in [0.25, 0.3) is 0 Å². The van der Waals surface area contributed by atoms with Crippen molar-refractivity contribution in [3.8, 4) is 0 Å². The van der Waals surface area contributed by atoms with E-state index in [1.807, 2.05) is 0 Å². The van der Waals surface area contributed by atoms with E-state index in [1.165, 1.54) is 12.8 Å². The molecule has 2 saturated carbocycles. The van der Waals surface area contributed by atoms with Crippen LogP contribution in [-0.2, 0) is 4.79 Å². The van der Waals surface area contributed by atoms with Gasteiger partial charge in [-0.15, -0.1) is 0 Å². The van der Waals surface area contributed by atoms with Crippen molar-refractivity contribution in [3.63, 3.8) is 0 Å². The lowest BCUT2D eigenvalue weighted by molar-refractivity contribution is -0.126. The SMILES string of the molecule is CCNC(=NCC(CC)CC)NC1CCCC(C(=O)NC2CC2)C1. The third kappa shape index (κ3) is 6.33. The molecule has 0 radical (unpaired) electrons. The summed E-state index contributed by atoms with van der Waals surface area (Å²) in [4.78, 5) is 17.1. The molecule has 2 aliphatic rings. The molecular weight excluding hydrogens is 300 g/mol. The number of carbonyl (C=O) groups is 1. The normalized spacial score (nSPS) is 24.8. The number of hydrogen-bond acceptors (Lipinski definition) is 2. The summed E-state index contributed by atoms with van der Waals surface area (Å²) in [6, 6.07) is 0.818. The molecule has 0 aromatic heterocycles. The van der Waals surface area contributed by atoms with Gasteiger partial charge in [-0.1, -0.05) is 33.1 Å². The van der Waals surface area contributed by atoms with Crippen LogP contribution < -0.4 is 16.0 Å². The fourth-order valence-electron chi connectivity index (χ4n) is 3.39. The molecule has 5 heteroatoms. The van der Waals surface area contributed by atoms with Crippen molar-refractivity contribution in [1.82, 2.24) is 16.0 Å². The fraction of sp³-hybridized carbons (Fsp3) is 0.895. The number of carbonyl (C=O) groups excluding carboxylic acids is 1. The maximum Gasteiger partial charge on any atom is 0.223 e. The minimum Gasteiger partial charge on any atom is -0.357 e. The molecule has 2 aliphatic carbocycles. The van der Waals surface area contributed by atoms with Crippen molar-refractivity contribution < 1.29 is 4.79 Å². The molecule has 1 amide bonds. The van der Waals surface area contributed by atoms with Crippen molar-refractivity contribution in [2.75, 3.05) is 13.1 Å². The molecule has 24 heavy (non-hydrogen) atoms. The molecule has 0 aromatic carbocycles. The van der Waals surface area contributed by atoms with Gasteiger partial charge in [0.15, 0.2) is 5.96 Å². The highest BCUT2D eigenvalue weighted by Crippen LogP contribution is 2.26. The average Bonchev–Trinajstić information content (AvgIpc) is 3.40. The van der Waals surface area contributed by atoms with Crippen LogP contribution in [0.2, 0.25) is 0 Å². The summed E-state index contributed by atoms with van der Waals surface area (Å²) in [5.74, 6) is 2.00. The minimum atomic E-state index is 0.166. The minimum absolute atomic E-state index is 0.166. The van der Waals surface area contributed by atoms with Crippen molar-refractivity contribution in [1.29, 1.82) is 0 Å². The lowest BCUT2D eigenvalue weighted by Gasteiger charge is -2.30. The van der Waals surface area contributed by atoms with Crippen LogP contribution >= 0.6 is 0 Å². The second-order valence-electron chi connectivity index (χ2n) is 7.39. The first kappa shape index (κ1) is 19.1. The van der Waals surface area contributed by atoms with Crippen LogP contribution in [0.15, 0.2) is 4.99 Å². The van der Waals surface area contributed by atoms with Crippen molar-refractivity contribution in [2.45, 2.75) is 84.2 Å². The molecule has 0 aromatic rings. The Hall–Kier alpha value is -1.26. The van der Waals surface area contributed by atoms with E-state index in [-0.39, 0.29) is 11.8 Å². The Kier molecular flexibility index (Phi) is 7.86. The van der Waals surface area contributed by atoms with Crippen LogP contribution in [0.5, 0.6) is 0 Å². The highest BCUT2D eigenvalue weighted by Gasteiger charge is 2.31. The third-order valence-electron chi connectivity index (χ3n) is 5.32. The van der Waals surface area contributed by atoms with Crippen LogP contribution in [0.4, 0.5) is 0 Å². The van der Waals surface area contributed by atoms with Gasteiger partial charge in [0.2, 0.25) is 5.91 Å². The molecule has 2 rings (SSSR count). The lowest BCUT2D eigenvalue weighted by atomic mass is 9.85. The van der Waals surface area contributed by atoms with Gasteiger partial charge in [-0.2, -0.15) is 0 Å². The molecular formula is C19H36N4O. The van der Waals surface area contributed by atoms with Gasteiger partial charge in [-0.05, 0) is 44.9 Å². The number of aliphatic imine (C=N–C) groups is 1. The summed E-state index contributed by atoms with van der Waals surface area (Å²) < 4.78 is 0. The molecule has 138 valence electrons. The number of hydrogen-bond donors (Lipinski definition) is 3. The van der Waals surface area contributed by atoms with E-state index in [0.29, 0.717) is 18.0 Å². The van der Waals surface area contributed by atoms with Crippen molar-refractivity contribution >= 4 is 11.9 Å². The smallest absolute Gasteiger partial charge is 0.223 e. The summed E-state index contributed by atoms with van der Waals surface area (Å²) in [5.41, 5.74) is 0. The Bertz CT molecular complexity index is 416. The standard InChI is InChI=1S/C19H36N4O/c1-4-14(5-2)13-21-19(20-6-3)23-17-9-7-8-15(12-17)18(24)22-16-10-11-16/h14-17H,4-13H2,1-3H3,(H,22,24)(H2,20,21,23). The van der Waals surface area contributed by atoms with Crippen LogP contribution in [0.1, 0.15) is 72.1 Å². The molecule has 0 aliphatic heterocycles. The number of amides is 1. The largest absolute Gasteiger partial charge is 0.357 e. The van der Waals surface area contributed by atoms with Gasteiger partial charge in [0, 0.05) is 31.1 Å². The lowest BCUT2D eigenvalue weighted by Crippen LogP contribution is -2.47. The topological polar surface area (TPSA) is 65.5 Å². The molecule has 0 heterocycles. The first-order valence-corrected chi connectivity index (χ1v) is 10.0. The average molecular weight is 337 g/mol. The van der Waals surface area contributed by atoms with E-state index < -0.39 is 0 Å². The molecule has 2 atom stereocenters. The Morgan fingerprint density at radius 2 is 1.79 bits per heavy atom. The van der Waals surface area contributed by atoms with Gasteiger partial charge in [-0.3, -0.25) is 9.79 Å². The van der Waals surface area contributed by atoms with Gasteiger partial charge in [0.05, 0.1) is 0 Å². The fourth-order valence-corrected chi connectivity index (χ4v) is 3.39. The van der Waals surface area contributed by atoms with E-state index in [4.69, 9.17) is 4.99 Å². The predicted molar refractivity (Wildman–Crippen MR) is 100 cm³/mol. The molecule has 0 saturated heterocycles. The van der Waals surface area contributed by atoms with Gasteiger partial charge >= 0.3 is 0 Å². The van der Waals surface area contributed by atoms with Crippen LogP contribution in [-0.4, -0.2) is 37.0 Å².